The fourth-order valence-corrected chi connectivity index (χ4v) is 3.57. The van der Waals surface area contributed by atoms with E-state index in [4.69, 9.17) is 5.73 Å². The maximum atomic E-state index is 13.0. The molecule has 31 heavy (non-hydrogen) atoms. The molecule has 11 heteroatoms. The van der Waals surface area contributed by atoms with Crippen molar-refractivity contribution in [2.24, 2.45) is 5.10 Å². The number of nitrogen functional groups attached to an aromatic ring is 1. The normalized spacial score (nSPS) is 15.9. The Bertz CT molecular complexity index is 1040. The minimum absolute atomic E-state index is 0.0182. The third kappa shape index (κ3) is 4.77. The minimum Gasteiger partial charge on any atom is -0.378 e. The number of carbonyl (C=O) groups is 1. The van der Waals surface area contributed by atoms with Gasteiger partial charge in [-0.25, -0.2) is 10.1 Å². The number of nitrogens with one attached hydrogen (secondary N) is 1. The molecule has 1 saturated heterocycles. The molecule has 4 rings (SSSR count). The van der Waals surface area contributed by atoms with Crippen LogP contribution < -0.4 is 11.2 Å². The maximum Gasteiger partial charge on any atom is 0.292 e. The lowest BCUT2D eigenvalue weighted by molar-refractivity contribution is 0.0944. The molecule has 0 bridgehead atoms. The Morgan fingerprint density at radius 3 is 2.74 bits per heavy atom. The van der Waals surface area contributed by atoms with Gasteiger partial charge in [-0.15, -0.1) is 5.10 Å². The standard InChI is InChI=1S/C20H25N9O2/c1-14(15-8-4-2-5-9-15)12-22-24-20(30)17-16(13-28-10-6-3-7-11-28)23-27-29(17)19-18(21)25-31-26-19/h2,4-5,8-9,12,14H,3,6-7,10-11,13H2,1H3,(H2,21,25)(H,24,30)/b22-12-/t14-/m1/s1. The molecule has 1 aromatic carbocycles. The summed E-state index contributed by atoms with van der Waals surface area (Å²) < 4.78 is 5.92. The summed E-state index contributed by atoms with van der Waals surface area (Å²) in [7, 11) is 0. The number of amides is 1. The summed E-state index contributed by atoms with van der Waals surface area (Å²) in [6.07, 6.45) is 5.14. The van der Waals surface area contributed by atoms with Gasteiger partial charge in [0.15, 0.2) is 5.69 Å². The van der Waals surface area contributed by atoms with Crippen LogP contribution in [0.3, 0.4) is 0 Å². The van der Waals surface area contributed by atoms with Gasteiger partial charge in [0.25, 0.3) is 5.91 Å². The highest BCUT2D eigenvalue weighted by atomic mass is 16.6. The number of hydrogen-bond acceptors (Lipinski definition) is 9. The summed E-state index contributed by atoms with van der Waals surface area (Å²) in [5.74, 6) is -0.294. The van der Waals surface area contributed by atoms with E-state index in [-0.39, 0.29) is 23.2 Å². The predicted molar refractivity (Wildman–Crippen MR) is 114 cm³/mol. The van der Waals surface area contributed by atoms with Crippen LogP contribution in [0.15, 0.2) is 40.1 Å². The van der Waals surface area contributed by atoms with E-state index in [0.717, 1.165) is 31.5 Å². The van der Waals surface area contributed by atoms with E-state index in [0.29, 0.717) is 12.2 Å². The second-order valence-electron chi connectivity index (χ2n) is 7.52. The van der Waals surface area contributed by atoms with Crippen LogP contribution >= 0.6 is 0 Å². The maximum absolute atomic E-state index is 13.0. The molecule has 3 N–H and O–H groups in total. The highest BCUT2D eigenvalue weighted by Crippen LogP contribution is 2.19. The smallest absolute Gasteiger partial charge is 0.292 e. The lowest BCUT2D eigenvalue weighted by atomic mass is 10.0. The van der Waals surface area contributed by atoms with Gasteiger partial charge in [-0.05, 0) is 41.8 Å². The highest BCUT2D eigenvalue weighted by Gasteiger charge is 2.26. The molecule has 0 radical (unpaired) electrons. The molecule has 1 fully saturated rings. The molecule has 1 aliphatic rings. The Kier molecular flexibility index (Phi) is 6.32. The average Bonchev–Trinajstić information content (AvgIpc) is 3.40. The van der Waals surface area contributed by atoms with E-state index in [1.165, 1.54) is 11.1 Å². The summed E-state index contributed by atoms with van der Waals surface area (Å²) in [5.41, 5.74) is 10.2. The van der Waals surface area contributed by atoms with Crippen molar-refractivity contribution in [3.63, 3.8) is 0 Å². The molecule has 3 aromatic rings. The number of likely N-dealkylation sites (tertiary alicyclic amines) is 1. The van der Waals surface area contributed by atoms with Crippen molar-refractivity contribution in [1.82, 2.24) is 35.6 Å². The van der Waals surface area contributed by atoms with E-state index in [2.05, 4.69) is 40.7 Å². The molecule has 0 unspecified atom stereocenters. The Labute approximate surface area is 179 Å². The number of hydrogen-bond donors (Lipinski definition) is 2. The molecule has 1 amide bonds. The van der Waals surface area contributed by atoms with Gasteiger partial charge in [0.2, 0.25) is 11.6 Å². The summed E-state index contributed by atoms with van der Waals surface area (Å²) in [4.78, 5) is 15.3. The summed E-state index contributed by atoms with van der Waals surface area (Å²) in [6, 6.07) is 9.90. The van der Waals surface area contributed by atoms with Gasteiger partial charge in [0.05, 0.1) is 0 Å². The van der Waals surface area contributed by atoms with Gasteiger partial charge in [0.1, 0.15) is 5.69 Å². The number of benzene rings is 1. The number of anilines is 1. The number of hydrazone groups is 1. The van der Waals surface area contributed by atoms with Gasteiger partial charge in [-0.1, -0.05) is 48.9 Å². The monoisotopic (exact) mass is 423 g/mol. The molecule has 0 aliphatic carbocycles. The fourth-order valence-electron chi connectivity index (χ4n) is 3.57. The van der Waals surface area contributed by atoms with Gasteiger partial charge >= 0.3 is 0 Å². The molecule has 3 heterocycles. The number of nitrogens with two attached hydrogens (primary N) is 1. The van der Waals surface area contributed by atoms with Crippen molar-refractivity contribution in [2.75, 3.05) is 18.8 Å². The summed E-state index contributed by atoms with van der Waals surface area (Å²) >= 11 is 0. The highest BCUT2D eigenvalue weighted by molar-refractivity contribution is 5.94. The van der Waals surface area contributed by atoms with Crippen LogP contribution in [0.5, 0.6) is 0 Å². The lowest BCUT2D eigenvalue weighted by Gasteiger charge is -2.25. The predicted octanol–water partition coefficient (Wildman–Crippen LogP) is 1.74. The third-order valence-corrected chi connectivity index (χ3v) is 5.26. The first kappa shape index (κ1) is 20.7. The largest absolute Gasteiger partial charge is 0.378 e. The second-order valence-corrected chi connectivity index (χ2v) is 7.52. The molecule has 162 valence electrons. The Balaban J connectivity index is 1.55. The minimum atomic E-state index is -0.462. The van der Waals surface area contributed by atoms with Crippen LogP contribution in [0, 0.1) is 0 Å². The van der Waals surface area contributed by atoms with E-state index in [1.807, 2.05) is 37.3 Å². The number of nitrogens with zero attached hydrogens (tertiary/aromatic N) is 7. The topological polar surface area (TPSA) is 140 Å². The molecular formula is C20H25N9O2. The van der Waals surface area contributed by atoms with Crippen molar-refractivity contribution >= 4 is 17.9 Å². The van der Waals surface area contributed by atoms with Crippen molar-refractivity contribution < 1.29 is 9.42 Å². The van der Waals surface area contributed by atoms with Gasteiger partial charge in [-0.3, -0.25) is 9.69 Å². The average molecular weight is 423 g/mol. The molecule has 1 aliphatic heterocycles. The molecule has 11 nitrogen and oxygen atoms in total. The number of piperidine rings is 1. The summed E-state index contributed by atoms with van der Waals surface area (Å²) in [6.45, 7) is 4.40. The van der Waals surface area contributed by atoms with Crippen molar-refractivity contribution in [3.05, 3.63) is 47.3 Å². The van der Waals surface area contributed by atoms with E-state index < -0.39 is 5.91 Å². The van der Waals surface area contributed by atoms with Crippen LogP contribution in [0.1, 0.15) is 53.8 Å². The molecule has 0 spiro atoms. The van der Waals surface area contributed by atoms with Gasteiger partial charge in [0, 0.05) is 18.7 Å². The fraction of sp³-hybridized carbons (Fsp3) is 0.400. The van der Waals surface area contributed by atoms with E-state index in [9.17, 15) is 4.79 Å². The Morgan fingerprint density at radius 1 is 1.26 bits per heavy atom. The van der Waals surface area contributed by atoms with Crippen LogP contribution in [0.2, 0.25) is 0 Å². The summed E-state index contributed by atoms with van der Waals surface area (Å²) in [5, 5.41) is 19.8. The van der Waals surface area contributed by atoms with Gasteiger partial charge in [-0.2, -0.15) is 9.78 Å². The molecular weight excluding hydrogens is 398 g/mol. The third-order valence-electron chi connectivity index (χ3n) is 5.26. The number of aromatic nitrogens is 5. The first-order chi connectivity index (χ1) is 15.1. The Morgan fingerprint density at radius 2 is 2.03 bits per heavy atom. The quantitative estimate of drug-likeness (QED) is 0.432. The lowest BCUT2D eigenvalue weighted by Crippen LogP contribution is -2.31. The number of carbonyl (C=O) groups excluding carboxylic acids is 1. The van der Waals surface area contributed by atoms with Gasteiger partial charge < -0.3 is 5.73 Å². The molecule has 0 saturated carbocycles. The van der Waals surface area contributed by atoms with Crippen molar-refractivity contribution in [2.45, 2.75) is 38.6 Å². The van der Waals surface area contributed by atoms with Crippen LogP contribution in [0.25, 0.3) is 5.82 Å². The molecule has 2 aromatic heterocycles. The Hall–Kier alpha value is -3.60. The second kappa shape index (κ2) is 9.47. The van der Waals surface area contributed by atoms with Crippen LogP contribution in [-0.4, -0.2) is 55.4 Å². The zero-order chi connectivity index (χ0) is 21.6. The zero-order valence-electron chi connectivity index (χ0n) is 17.3. The first-order valence-corrected chi connectivity index (χ1v) is 10.3. The van der Waals surface area contributed by atoms with E-state index in [1.54, 1.807) is 6.21 Å². The SMILES string of the molecule is C[C@H](/C=N\NC(=O)c1c(CN2CCCCC2)nnn1-c1nonc1N)c1ccccc1. The van der Waals surface area contributed by atoms with Crippen molar-refractivity contribution in [3.8, 4) is 5.82 Å². The first-order valence-electron chi connectivity index (χ1n) is 10.3. The van der Waals surface area contributed by atoms with E-state index >= 15 is 0 Å². The van der Waals surface area contributed by atoms with Crippen molar-refractivity contribution in [1.29, 1.82) is 0 Å². The van der Waals surface area contributed by atoms with Crippen LogP contribution in [0.4, 0.5) is 5.82 Å². The molecule has 1 atom stereocenters. The van der Waals surface area contributed by atoms with Crippen LogP contribution in [-0.2, 0) is 6.54 Å². The zero-order valence-corrected chi connectivity index (χ0v) is 17.3. The number of rotatable bonds is 7.